The van der Waals surface area contributed by atoms with Gasteiger partial charge in [-0.1, -0.05) is 35.3 Å². The molecule has 2 aromatic carbocycles. The van der Waals surface area contributed by atoms with Gasteiger partial charge in [-0.25, -0.2) is 0 Å². The second-order valence-corrected chi connectivity index (χ2v) is 4.87. The maximum atomic E-state index is 12.3. The van der Waals surface area contributed by atoms with Crippen LogP contribution in [0.2, 0.25) is 10.0 Å². The Balaban J connectivity index is 2.44. The number of nitrogen functional groups attached to an aromatic ring is 1. The Labute approximate surface area is 115 Å². The Bertz CT molecular complexity index is 623. The van der Waals surface area contributed by atoms with Gasteiger partial charge in [0.05, 0.1) is 5.02 Å². The third kappa shape index (κ3) is 2.50. The van der Waals surface area contributed by atoms with Crippen LogP contribution in [-0.2, 0) is 0 Å². The molecule has 18 heavy (non-hydrogen) atoms. The fourth-order valence-corrected chi connectivity index (χ4v) is 2.11. The molecule has 0 fully saturated rings. The van der Waals surface area contributed by atoms with Gasteiger partial charge in [0.25, 0.3) is 0 Å². The van der Waals surface area contributed by atoms with Crippen molar-refractivity contribution in [3.63, 3.8) is 0 Å². The van der Waals surface area contributed by atoms with E-state index in [0.717, 1.165) is 5.56 Å². The zero-order chi connectivity index (χ0) is 13.3. The summed E-state index contributed by atoms with van der Waals surface area (Å²) in [5.41, 5.74) is 8.26. The van der Waals surface area contributed by atoms with Gasteiger partial charge in [0.15, 0.2) is 5.78 Å². The van der Waals surface area contributed by atoms with Crippen LogP contribution in [0.1, 0.15) is 21.5 Å². The summed E-state index contributed by atoms with van der Waals surface area (Å²) in [4.78, 5) is 12.3. The van der Waals surface area contributed by atoms with Crippen LogP contribution in [0, 0.1) is 6.92 Å². The molecule has 0 unspecified atom stereocenters. The smallest absolute Gasteiger partial charge is 0.194 e. The molecular formula is C14H11Cl2NO. The normalized spacial score (nSPS) is 10.4. The fourth-order valence-electron chi connectivity index (χ4n) is 1.61. The summed E-state index contributed by atoms with van der Waals surface area (Å²) in [6.07, 6.45) is 0. The van der Waals surface area contributed by atoms with Crippen molar-refractivity contribution in [3.05, 3.63) is 63.1 Å². The van der Waals surface area contributed by atoms with E-state index in [1.165, 1.54) is 0 Å². The van der Waals surface area contributed by atoms with Crippen molar-refractivity contribution in [1.29, 1.82) is 0 Å². The minimum absolute atomic E-state index is 0.164. The molecule has 0 saturated carbocycles. The number of halogens is 2. The number of carbonyl (C=O) groups is 1. The van der Waals surface area contributed by atoms with Gasteiger partial charge < -0.3 is 5.73 Å². The monoisotopic (exact) mass is 279 g/mol. The van der Waals surface area contributed by atoms with Crippen LogP contribution in [-0.4, -0.2) is 5.78 Å². The van der Waals surface area contributed by atoms with E-state index < -0.39 is 0 Å². The standard InChI is InChI=1S/C14H11Cl2NO/c1-8-2-3-9(6-13(8)17)14(18)11-5-4-10(15)7-12(11)16/h2-7H,17H2,1H3. The SMILES string of the molecule is Cc1ccc(C(=O)c2ccc(Cl)cc2Cl)cc1N. The van der Waals surface area contributed by atoms with Gasteiger partial charge in [-0.15, -0.1) is 0 Å². The molecule has 0 radical (unpaired) electrons. The number of hydrogen-bond donors (Lipinski definition) is 1. The highest BCUT2D eigenvalue weighted by Crippen LogP contribution is 2.24. The van der Waals surface area contributed by atoms with Crippen molar-refractivity contribution in [1.82, 2.24) is 0 Å². The van der Waals surface area contributed by atoms with Gasteiger partial charge in [-0.05, 0) is 36.8 Å². The zero-order valence-electron chi connectivity index (χ0n) is 9.71. The third-order valence-corrected chi connectivity index (χ3v) is 3.26. The van der Waals surface area contributed by atoms with Gasteiger partial charge in [0.1, 0.15) is 0 Å². The highest BCUT2D eigenvalue weighted by molar-refractivity contribution is 6.37. The molecule has 0 bridgehead atoms. The number of hydrogen-bond acceptors (Lipinski definition) is 2. The van der Waals surface area contributed by atoms with Crippen LogP contribution in [0.3, 0.4) is 0 Å². The number of aryl methyl sites for hydroxylation is 1. The Morgan fingerprint density at radius 2 is 1.83 bits per heavy atom. The van der Waals surface area contributed by atoms with Crippen molar-refractivity contribution in [2.75, 3.05) is 5.73 Å². The largest absolute Gasteiger partial charge is 0.398 e. The first kappa shape index (κ1) is 12.9. The second kappa shape index (κ2) is 5.01. The second-order valence-electron chi connectivity index (χ2n) is 4.02. The van der Waals surface area contributed by atoms with E-state index >= 15 is 0 Å². The number of nitrogens with two attached hydrogens (primary N) is 1. The lowest BCUT2D eigenvalue weighted by Gasteiger charge is -2.06. The first-order chi connectivity index (χ1) is 8.49. The Morgan fingerprint density at radius 1 is 1.11 bits per heavy atom. The van der Waals surface area contributed by atoms with Gasteiger partial charge in [0, 0.05) is 21.8 Å². The summed E-state index contributed by atoms with van der Waals surface area (Å²) in [5.74, 6) is -0.164. The molecule has 92 valence electrons. The summed E-state index contributed by atoms with van der Waals surface area (Å²) < 4.78 is 0. The lowest BCUT2D eigenvalue weighted by Crippen LogP contribution is -2.03. The first-order valence-corrected chi connectivity index (χ1v) is 6.10. The fraction of sp³-hybridized carbons (Fsp3) is 0.0714. The molecule has 0 aliphatic heterocycles. The van der Waals surface area contributed by atoms with E-state index in [-0.39, 0.29) is 5.78 Å². The van der Waals surface area contributed by atoms with E-state index in [4.69, 9.17) is 28.9 Å². The highest BCUT2D eigenvalue weighted by Gasteiger charge is 2.13. The molecule has 0 spiro atoms. The molecule has 0 aromatic heterocycles. The van der Waals surface area contributed by atoms with Crippen molar-refractivity contribution < 1.29 is 4.79 Å². The molecule has 0 amide bonds. The van der Waals surface area contributed by atoms with Crippen LogP contribution in [0.15, 0.2) is 36.4 Å². The quantitative estimate of drug-likeness (QED) is 0.664. The molecular weight excluding hydrogens is 269 g/mol. The topological polar surface area (TPSA) is 43.1 Å². The molecule has 2 aromatic rings. The molecule has 2 nitrogen and oxygen atoms in total. The number of rotatable bonds is 2. The lowest BCUT2D eigenvalue weighted by molar-refractivity contribution is 0.103. The van der Waals surface area contributed by atoms with Gasteiger partial charge >= 0.3 is 0 Å². The van der Waals surface area contributed by atoms with E-state index in [9.17, 15) is 4.79 Å². The first-order valence-electron chi connectivity index (χ1n) is 5.35. The molecule has 0 heterocycles. The Kier molecular flexibility index (Phi) is 3.60. The summed E-state index contributed by atoms with van der Waals surface area (Å²) >= 11 is 11.8. The number of anilines is 1. The predicted molar refractivity (Wildman–Crippen MR) is 75.5 cm³/mol. The van der Waals surface area contributed by atoms with E-state index in [0.29, 0.717) is 26.9 Å². The van der Waals surface area contributed by atoms with Crippen LogP contribution >= 0.6 is 23.2 Å². The molecule has 0 saturated heterocycles. The van der Waals surface area contributed by atoms with Crippen LogP contribution in [0.5, 0.6) is 0 Å². The zero-order valence-corrected chi connectivity index (χ0v) is 11.2. The van der Waals surface area contributed by atoms with Crippen molar-refractivity contribution in [3.8, 4) is 0 Å². The van der Waals surface area contributed by atoms with Crippen molar-refractivity contribution >= 4 is 34.7 Å². The summed E-state index contributed by atoms with van der Waals surface area (Å²) in [7, 11) is 0. The molecule has 2 rings (SSSR count). The number of benzene rings is 2. The van der Waals surface area contributed by atoms with Crippen LogP contribution < -0.4 is 5.73 Å². The molecule has 0 aliphatic carbocycles. The maximum Gasteiger partial charge on any atom is 0.194 e. The Hall–Kier alpha value is -1.51. The summed E-state index contributed by atoms with van der Waals surface area (Å²) in [6, 6.07) is 10.0. The average molecular weight is 280 g/mol. The number of ketones is 1. The molecule has 0 atom stereocenters. The Morgan fingerprint density at radius 3 is 2.44 bits per heavy atom. The van der Waals surface area contributed by atoms with Crippen molar-refractivity contribution in [2.45, 2.75) is 6.92 Å². The van der Waals surface area contributed by atoms with Gasteiger partial charge in [0.2, 0.25) is 0 Å². The van der Waals surface area contributed by atoms with E-state index in [1.807, 2.05) is 13.0 Å². The lowest BCUT2D eigenvalue weighted by atomic mass is 10.0. The molecule has 2 N–H and O–H groups in total. The van der Waals surface area contributed by atoms with Crippen molar-refractivity contribution in [2.24, 2.45) is 0 Å². The minimum Gasteiger partial charge on any atom is -0.398 e. The minimum atomic E-state index is -0.164. The van der Waals surface area contributed by atoms with Gasteiger partial charge in [-0.2, -0.15) is 0 Å². The highest BCUT2D eigenvalue weighted by atomic mass is 35.5. The third-order valence-electron chi connectivity index (χ3n) is 2.72. The van der Waals surface area contributed by atoms with E-state index in [2.05, 4.69) is 0 Å². The van der Waals surface area contributed by atoms with E-state index in [1.54, 1.807) is 30.3 Å². The summed E-state index contributed by atoms with van der Waals surface area (Å²) in [5, 5.41) is 0.839. The maximum absolute atomic E-state index is 12.3. The molecule has 4 heteroatoms. The summed E-state index contributed by atoms with van der Waals surface area (Å²) in [6.45, 7) is 1.89. The average Bonchev–Trinajstić information content (AvgIpc) is 2.32. The van der Waals surface area contributed by atoms with Gasteiger partial charge in [-0.3, -0.25) is 4.79 Å². The predicted octanol–water partition coefficient (Wildman–Crippen LogP) is 4.12. The molecule has 0 aliphatic rings. The van der Waals surface area contributed by atoms with Crippen LogP contribution in [0.25, 0.3) is 0 Å². The van der Waals surface area contributed by atoms with Crippen LogP contribution in [0.4, 0.5) is 5.69 Å². The number of carbonyl (C=O) groups excluding carboxylic acids is 1.